The molecule has 0 fully saturated rings. The maximum absolute atomic E-state index is 11.2. The Hall–Kier alpha value is -2.75. The Bertz CT molecular complexity index is 577. The zero-order valence-electron chi connectivity index (χ0n) is 11.6. The third-order valence-electron chi connectivity index (χ3n) is 2.96. The van der Waals surface area contributed by atoms with Crippen molar-refractivity contribution >= 4 is 23.0 Å². The van der Waals surface area contributed by atoms with Gasteiger partial charge >= 0.3 is 5.97 Å². The van der Waals surface area contributed by atoms with Crippen LogP contribution in [0.2, 0.25) is 0 Å². The second-order valence-corrected chi connectivity index (χ2v) is 4.54. The van der Waals surface area contributed by atoms with Crippen LogP contribution >= 0.6 is 0 Å². The number of hydrogen-bond acceptors (Lipinski definition) is 7. The minimum absolute atomic E-state index is 0.0734. The molecule has 0 radical (unpaired) electrons. The van der Waals surface area contributed by atoms with E-state index in [0.717, 1.165) is 18.2 Å². The van der Waals surface area contributed by atoms with Crippen molar-refractivity contribution in [3.8, 4) is 0 Å². The molecule has 120 valence electrons. The molecule has 0 heterocycles. The van der Waals surface area contributed by atoms with Gasteiger partial charge in [0.25, 0.3) is 11.4 Å². The number of rotatable bonds is 9. The van der Waals surface area contributed by atoms with Gasteiger partial charge in [-0.15, -0.1) is 0 Å². The number of unbranched alkanes of at least 4 members (excludes halogenated alkanes) is 1. The molecule has 0 bridgehead atoms. The highest BCUT2D eigenvalue weighted by Crippen LogP contribution is 2.29. The quantitative estimate of drug-likeness (QED) is 0.351. The third-order valence-corrected chi connectivity index (χ3v) is 2.96. The van der Waals surface area contributed by atoms with Crippen LogP contribution in [0, 0.1) is 20.2 Å². The molecule has 1 unspecified atom stereocenters. The Kier molecular flexibility index (Phi) is 6.20. The first-order valence-corrected chi connectivity index (χ1v) is 6.49. The number of nitrogens with two attached hydrogens (primary N) is 1. The fourth-order valence-electron chi connectivity index (χ4n) is 1.84. The van der Waals surface area contributed by atoms with E-state index in [1.807, 2.05) is 0 Å². The van der Waals surface area contributed by atoms with Gasteiger partial charge in [-0.1, -0.05) is 0 Å². The first-order valence-electron chi connectivity index (χ1n) is 6.49. The fraction of sp³-hybridized carbons (Fsp3) is 0.417. The number of hydrogen-bond donors (Lipinski definition) is 3. The van der Waals surface area contributed by atoms with Crippen molar-refractivity contribution in [2.24, 2.45) is 5.73 Å². The first kappa shape index (κ1) is 17.3. The van der Waals surface area contributed by atoms with E-state index in [2.05, 4.69) is 5.32 Å². The fourth-order valence-corrected chi connectivity index (χ4v) is 1.84. The van der Waals surface area contributed by atoms with Gasteiger partial charge in [0.05, 0.1) is 15.9 Å². The summed E-state index contributed by atoms with van der Waals surface area (Å²) in [5.41, 5.74) is 4.28. The van der Waals surface area contributed by atoms with Gasteiger partial charge in [-0.25, -0.2) is 4.79 Å². The molecule has 0 saturated heterocycles. The van der Waals surface area contributed by atoms with Crippen LogP contribution < -0.4 is 11.1 Å². The van der Waals surface area contributed by atoms with Crippen molar-refractivity contribution in [2.75, 3.05) is 11.9 Å². The van der Waals surface area contributed by atoms with E-state index in [-0.39, 0.29) is 12.1 Å². The number of benzene rings is 1. The van der Waals surface area contributed by atoms with Gasteiger partial charge in [-0.2, -0.15) is 0 Å². The molecule has 22 heavy (non-hydrogen) atoms. The highest BCUT2D eigenvalue weighted by atomic mass is 16.6. The van der Waals surface area contributed by atoms with Crippen molar-refractivity contribution < 1.29 is 19.7 Å². The summed E-state index contributed by atoms with van der Waals surface area (Å²) in [6.07, 6.45) is 1.41. The van der Waals surface area contributed by atoms with E-state index < -0.39 is 33.2 Å². The molecule has 0 spiro atoms. The minimum Gasteiger partial charge on any atom is -0.480 e. The van der Waals surface area contributed by atoms with Crippen molar-refractivity contribution in [2.45, 2.75) is 25.3 Å². The molecule has 0 aliphatic rings. The van der Waals surface area contributed by atoms with Crippen LogP contribution in [0.1, 0.15) is 19.3 Å². The third kappa shape index (κ3) is 4.66. The van der Waals surface area contributed by atoms with Gasteiger partial charge in [0.15, 0.2) is 0 Å². The van der Waals surface area contributed by atoms with Crippen molar-refractivity contribution in [3.05, 3.63) is 38.4 Å². The SMILES string of the molecule is NCCCCC(Nc1ccc([N+](=O)[O-])cc1[N+](=O)[O-])C(=O)O. The van der Waals surface area contributed by atoms with Crippen LogP contribution in [0.5, 0.6) is 0 Å². The second-order valence-electron chi connectivity index (χ2n) is 4.54. The van der Waals surface area contributed by atoms with E-state index >= 15 is 0 Å². The second kappa shape index (κ2) is 7.88. The smallest absolute Gasteiger partial charge is 0.326 e. The summed E-state index contributed by atoms with van der Waals surface area (Å²) in [5, 5.41) is 33.3. The zero-order valence-corrected chi connectivity index (χ0v) is 11.6. The standard InChI is InChI=1S/C12H16N4O6/c13-6-2-1-3-10(12(17)18)14-9-5-4-8(15(19)20)7-11(9)16(21)22/h4-5,7,10,14H,1-3,6,13H2,(H,17,18). The Morgan fingerprint density at radius 2 is 1.95 bits per heavy atom. The molecule has 10 heteroatoms. The summed E-state index contributed by atoms with van der Waals surface area (Å²) in [6.45, 7) is 0.421. The number of carboxylic acids is 1. The normalized spacial score (nSPS) is 11.7. The number of aliphatic carboxylic acids is 1. The molecule has 0 aromatic heterocycles. The lowest BCUT2D eigenvalue weighted by atomic mass is 10.1. The largest absolute Gasteiger partial charge is 0.480 e. The van der Waals surface area contributed by atoms with Gasteiger partial charge in [0.1, 0.15) is 11.7 Å². The van der Waals surface area contributed by atoms with Gasteiger partial charge in [0, 0.05) is 6.07 Å². The molecule has 0 saturated carbocycles. The maximum atomic E-state index is 11.2. The number of nitrogens with one attached hydrogen (secondary N) is 1. The molecule has 0 aliphatic heterocycles. The first-order chi connectivity index (χ1) is 10.4. The van der Waals surface area contributed by atoms with Crippen LogP contribution in [-0.4, -0.2) is 33.5 Å². The van der Waals surface area contributed by atoms with Crippen LogP contribution in [0.4, 0.5) is 17.1 Å². The minimum atomic E-state index is -1.16. The average Bonchev–Trinajstić information content (AvgIpc) is 2.45. The number of non-ortho nitro benzene ring substituents is 1. The average molecular weight is 312 g/mol. The summed E-state index contributed by atoms with van der Waals surface area (Å²) >= 11 is 0. The Balaban J connectivity index is 3.00. The van der Waals surface area contributed by atoms with Crippen LogP contribution in [0.3, 0.4) is 0 Å². The van der Waals surface area contributed by atoms with E-state index in [9.17, 15) is 25.0 Å². The zero-order chi connectivity index (χ0) is 16.7. The predicted octanol–water partition coefficient (Wildman–Crippen LogP) is 1.50. The van der Waals surface area contributed by atoms with Crippen LogP contribution in [0.25, 0.3) is 0 Å². The topological polar surface area (TPSA) is 162 Å². The lowest BCUT2D eigenvalue weighted by molar-refractivity contribution is -0.393. The summed E-state index contributed by atoms with van der Waals surface area (Å²) in [4.78, 5) is 31.3. The highest BCUT2D eigenvalue weighted by molar-refractivity contribution is 5.79. The molecule has 0 aliphatic carbocycles. The molecule has 10 nitrogen and oxygen atoms in total. The Morgan fingerprint density at radius 3 is 2.45 bits per heavy atom. The van der Waals surface area contributed by atoms with E-state index in [1.54, 1.807) is 0 Å². The van der Waals surface area contributed by atoms with Crippen molar-refractivity contribution in [1.29, 1.82) is 0 Å². The number of nitrogens with zero attached hydrogens (tertiary/aromatic N) is 2. The number of carboxylic acid groups (broad SMARTS) is 1. The predicted molar refractivity (Wildman–Crippen MR) is 77.7 cm³/mol. The summed E-state index contributed by atoms with van der Waals surface area (Å²) < 4.78 is 0. The number of nitro groups is 2. The molecule has 1 aromatic rings. The molecular formula is C12H16N4O6. The molecule has 1 rings (SSSR count). The number of nitro benzene ring substituents is 2. The lowest BCUT2D eigenvalue weighted by Crippen LogP contribution is -2.29. The Morgan fingerprint density at radius 1 is 1.27 bits per heavy atom. The lowest BCUT2D eigenvalue weighted by Gasteiger charge is -2.15. The van der Waals surface area contributed by atoms with Crippen LogP contribution in [-0.2, 0) is 4.79 Å². The van der Waals surface area contributed by atoms with Gasteiger partial charge in [0.2, 0.25) is 0 Å². The molecule has 1 atom stereocenters. The maximum Gasteiger partial charge on any atom is 0.326 e. The van der Waals surface area contributed by atoms with Gasteiger partial charge in [-0.3, -0.25) is 20.2 Å². The molecular weight excluding hydrogens is 296 g/mol. The van der Waals surface area contributed by atoms with Gasteiger partial charge in [-0.05, 0) is 31.9 Å². The van der Waals surface area contributed by atoms with E-state index in [1.165, 1.54) is 0 Å². The van der Waals surface area contributed by atoms with Crippen molar-refractivity contribution in [1.82, 2.24) is 0 Å². The van der Waals surface area contributed by atoms with E-state index in [0.29, 0.717) is 19.4 Å². The van der Waals surface area contributed by atoms with Crippen LogP contribution in [0.15, 0.2) is 18.2 Å². The molecule has 4 N–H and O–H groups in total. The molecule has 0 amide bonds. The molecule has 1 aromatic carbocycles. The van der Waals surface area contributed by atoms with Crippen molar-refractivity contribution in [3.63, 3.8) is 0 Å². The number of carbonyl (C=O) groups is 1. The summed E-state index contributed by atoms with van der Waals surface area (Å²) in [5.74, 6) is -1.16. The number of anilines is 1. The summed E-state index contributed by atoms with van der Waals surface area (Å²) in [7, 11) is 0. The highest BCUT2D eigenvalue weighted by Gasteiger charge is 2.24. The Labute approximate surface area is 125 Å². The monoisotopic (exact) mass is 312 g/mol. The van der Waals surface area contributed by atoms with Gasteiger partial charge < -0.3 is 16.2 Å². The van der Waals surface area contributed by atoms with E-state index in [4.69, 9.17) is 10.8 Å². The summed E-state index contributed by atoms with van der Waals surface area (Å²) in [6, 6.07) is 1.97.